The first-order valence-corrected chi connectivity index (χ1v) is 8.39. The van der Waals surface area contributed by atoms with Crippen LogP contribution in [0.1, 0.15) is 5.82 Å². The minimum atomic E-state index is -3.81. The Morgan fingerprint density at radius 3 is 2.20 bits per heavy atom. The average Bonchev–Trinajstić information content (AvgIpc) is 2.76. The van der Waals surface area contributed by atoms with Gasteiger partial charge in [0, 0.05) is 5.69 Å². The van der Waals surface area contributed by atoms with Crippen LogP contribution >= 0.6 is 0 Å². The number of anilines is 1. The lowest BCUT2D eigenvalue weighted by Gasteiger charge is -2.06. The van der Waals surface area contributed by atoms with Crippen LogP contribution in [0.4, 0.5) is 5.69 Å². The summed E-state index contributed by atoms with van der Waals surface area (Å²) in [5.74, 6) is 0.468. The number of aromatic amines is 1. The number of nitrogens with zero attached hydrogens (tertiary/aromatic N) is 1. The molecule has 0 aliphatic carbocycles. The summed E-state index contributed by atoms with van der Waals surface area (Å²) >= 11 is 0. The van der Waals surface area contributed by atoms with Gasteiger partial charge in [-0.05, 0) is 31.2 Å². The van der Waals surface area contributed by atoms with Gasteiger partial charge in [-0.3, -0.25) is 4.72 Å². The number of nitrogens with two attached hydrogens (primary N) is 1. The molecule has 10 heteroatoms. The van der Waals surface area contributed by atoms with Crippen LogP contribution < -0.4 is 9.86 Å². The maximum absolute atomic E-state index is 12.0. The van der Waals surface area contributed by atoms with Gasteiger partial charge in [-0.1, -0.05) is 0 Å². The number of aryl methyl sites for hydroxylation is 1. The fourth-order valence-electron chi connectivity index (χ4n) is 1.46. The van der Waals surface area contributed by atoms with Crippen molar-refractivity contribution in [3.8, 4) is 0 Å². The van der Waals surface area contributed by atoms with E-state index in [0.29, 0.717) is 5.82 Å². The highest BCUT2D eigenvalue weighted by molar-refractivity contribution is 7.92. The van der Waals surface area contributed by atoms with E-state index in [1.807, 2.05) is 0 Å². The number of imidazole rings is 1. The van der Waals surface area contributed by atoms with Gasteiger partial charge in [0.15, 0.2) is 5.03 Å². The third-order valence-corrected chi connectivity index (χ3v) is 4.62. The summed E-state index contributed by atoms with van der Waals surface area (Å²) in [6, 6.07) is 5.04. The van der Waals surface area contributed by atoms with Crippen LogP contribution in [0.2, 0.25) is 0 Å². The van der Waals surface area contributed by atoms with Crippen molar-refractivity contribution in [3.05, 3.63) is 36.3 Å². The van der Waals surface area contributed by atoms with Crippen LogP contribution in [0, 0.1) is 6.92 Å². The van der Waals surface area contributed by atoms with Crippen molar-refractivity contribution in [2.75, 3.05) is 4.72 Å². The van der Waals surface area contributed by atoms with Gasteiger partial charge in [0.05, 0.1) is 11.1 Å². The normalized spacial score (nSPS) is 12.3. The number of benzene rings is 1. The van der Waals surface area contributed by atoms with Crippen molar-refractivity contribution in [2.24, 2.45) is 5.14 Å². The van der Waals surface area contributed by atoms with E-state index in [-0.39, 0.29) is 15.6 Å². The van der Waals surface area contributed by atoms with Crippen LogP contribution in [0.5, 0.6) is 0 Å². The van der Waals surface area contributed by atoms with Gasteiger partial charge in [0.1, 0.15) is 5.82 Å². The SMILES string of the molecule is Cc1ncc(S(=O)(=O)Nc2ccc(S(N)(=O)=O)cc2)[nH]1. The minimum absolute atomic E-state index is 0.0782. The second-order valence-electron chi connectivity index (χ2n) is 4.01. The van der Waals surface area contributed by atoms with E-state index in [2.05, 4.69) is 14.7 Å². The fourth-order valence-corrected chi connectivity index (χ4v) is 3.00. The molecular weight excluding hydrogens is 304 g/mol. The quantitative estimate of drug-likeness (QED) is 0.738. The molecular formula is C10H12N4O4S2. The van der Waals surface area contributed by atoms with Gasteiger partial charge in [0.2, 0.25) is 10.0 Å². The number of aromatic nitrogens is 2. The van der Waals surface area contributed by atoms with Crippen molar-refractivity contribution >= 4 is 25.7 Å². The maximum atomic E-state index is 12.0. The van der Waals surface area contributed by atoms with E-state index in [4.69, 9.17) is 5.14 Å². The van der Waals surface area contributed by atoms with Crippen LogP contribution in [0.3, 0.4) is 0 Å². The summed E-state index contributed by atoms with van der Waals surface area (Å²) in [6.07, 6.45) is 1.19. The van der Waals surface area contributed by atoms with E-state index in [1.165, 1.54) is 30.5 Å². The van der Waals surface area contributed by atoms with E-state index < -0.39 is 20.0 Å². The maximum Gasteiger partial charge on any atom is 0.278 e. The number of sulfonamides is 2. The van der Waals surface area contributed by atoms with Gasteiger partial charge >= 0.3 is 0 Å². The molecule has 0 saturated heterocycles. The lowest BCUT2D eigenvalue weighted by molar-refractivity contribution is 0.596. The Morgan fingerprint density at radius 2 is 1.75 bits per heavy atom. The Balaban J connectivity index is 2.26. The molecule has 0 radical (unpaired) electrons. The lowest BCUT2D eigenvalue weighted by Crippen LogP contribution is -2.14. The third kappa shape index (κ3) is 3.15. The Kier molecular flexibility index (Phi) is 3.54. The second-order valence-corrected chi connectivity index (χ2v) is 7.22. The Morgan fingerprint density at radius 1 is 1.15 bits per heavy atom. The van der Waals surface area contributed by atoms with Crippen molar-refractivity contribution in [3.63, 3.8) is 0 Å². The molecule has 0 aliphatic rings. The second kappa shape index (κ2) is 4.89. The lowest BCUT2D eigenvalue weighted by atomic mass is 10.3. The van der Waals surface area contributed by atoms with Crippen LogP contribution in [0.15, 0.2) is 40.4 Å². The first-order chi connectivity index (χ1) is 9.18. The number of H-pyrrole nitrogens is 1. The highest BCUT2D eigenvalue weighted by Gasteiger charge is 2.17. The number of rotatable bonds is 4. The summed E-state index contributed by atoms with van der Waals surface area (Å²) in [7, 11) is -7.60. The third-order valence-electron chi connectivity index (χ3n) is 2.40. The Bertz CT molecular complexity index is 822. The summed E-state index contributed by atoms with van der Waals surface area (Å²) in [4.78, 5) is 6.30. The van der Waals surface area contributed by atoms with Gasteiger partial charge < -0.3 is 4.98 Å². The highest BCUT2D eigenvalue weighted by atomic mass is 32.2. The fraction of sp³-hybridized carbons (Fsp3) is 0.100. The Labute approximate surface area is 116 Å². The molecule has 0 fully saturated rings. The molecule has 1 aromatic heterocycles. The molecule has 1 heterocycles. The first kappa shape index (κ1) is 14.5. The molecule has 8 nitrogen and oxygen atoms in total. The summed E-state index contributed by atoms with van der Waals surface area (Å²) < 4.78 is 48.4. The van der Waals surface area contributed by atoms with Crippen LogP contribution in [-0.2, 0) is 20.0 Å². The summed E-state index contributed by atoms with van der Waals surface area (Å²) in [5.41, 5.74) is 0.213. The van der Waals surface area contributed by atoms with Crippen LogP contribution in [0.25, 0.3) is 0 Å². The molecule has 0 bridgehead atoms. The topological polar surface area (TPSA) is 135 Å². The molecule has 0 unspecified atom stereocenters. The largest absolute Gasteiger partial charge is 0.332 e. The number of hydrogen-bond donors (Lipinski definition) is 3. The minimum Gasteiger partial charge on any atom is -0.332 e. The van der Waals surface area contributed by atoms with Gasteiger partial charge in [0.25, 0.3) is 10.0 Å². The van der Waals surface area contributed by atoms with Crippen molar-refractivity contribution in [1.82, 2.24) is 9.97 Å². The predicted octanol–water partition coefficient (Wildman–Crippen LogP) is 0.166. The molecule has 108 valence electrons. The Hall–Kier alpha value is -1.91. The molecule has 0 atom stereocenters. The summed E-state index contributed by atoms with van der Waals surface area (Å²) in [5, 5.41) is 4.87. The summed E-state index contributed by atoms with van der Waals surface area (Å²) in [6.45, 7) is 1.62. The van der Waals surface area contributed by atoms with Gasteiger partial charge in [-0.2, -0.15) is 8.42 Å². The molecule has 2 aromatic rings. The van der Waals surface area contributed by atoms with E-state index in [0.717, 1.165) is 0 Å². The van der Waals surface area contributed by atoms with Gasteiger partial charge in [-0.25, -0.2) is 18.5 Å². The molecule has 0 aliphatic heterocycles. The van der Waals surface area contributed by atoms with Crippen LogP contribution in [-0.4, -0.2) is 26.8 Å². The van der Waals surface area contributed by atoms with Crippen molar-refractivity contribution in [1.29, 1.82) is 0 Å². The molecule has 0 spiro atoms. The molecule has 2 rings (SSSR count). The zero-order valence-corrected chi connectivity index (χ0v) is 12.0. The van der Waals surface area contributed by atoms with E-state index in [9.17, 15) is 16.8 Å². The first-order valence-electron chi connectivity index (χ1n) is 5.36. The molecule has 0 amide bonds. The van der Waals surface area contributed by atoms with Crippen molar-refractivity contribution in [2.45, 2.75) is 16.8 Å². The molecule has 1 aromatic carbocycles. The monoisotopic (exact) mass is 316 g/mol. The molecule has 4 N–H and O–H groups in total. The standard InChI is InChI=1S/C10H12N4O4S2/c1-7-12-6-10(13-7)20(17,18)14-8-2-4-9(5-3-8)19(11,15)16/h2-6,14H,1H3,(H,12,13)(H2,11,15,16). The zero-order valence-electron chi connectivity index (χ0n) is 10.4. The van der Waals surface area contributed by atoms with E-state index >= 15 is 0 Å². The van der Waals surface area contributed by atoms with E-state index in [1.54, 1.807) is 6.92 Å². The number of hydrogen-bond acceptors (Lipinski definition) is 5. The average molecular weight is 316 g/mol. The van der Waals surface area contributed by atoms with Gasteiger partial charge in [-0.15, -0.1) is 0 Å². The number of primary sulfonamides is 1. The molecule has 20 heavy (non-hydrogen) atoms. The predicted molar refractivity (Wildman–Crippen MR) is 71.9 cm³/mol. The smallest absolute Gasteiger partial charge is 0.278 e. The number of nitrogens with one attached hydrogen (secondary N) is 2. The van der Waals surface area contributed by atoms with Crippen molar-refractivity contribution < 1.29 is 16.8 Å². The zero-order chi connectivity index (χ0) is 15.0. The molecule has 0 saturated carbocycles. The highest BCUT2D eigenvalue weighted by Crippen LogP contribution is 2.16.